The molecule has 0 amide bonds. The van der Waals surface area contributed by atoms with Crippen LogP contribution in [0.15, 0.2) is 23.2 Å². The maximum absolute atomic E-state index is 5.99. The van der Waals surface area contributed by atoms with Gasteiger partial charge in [0.25, 0.3) is 0 Å². The average molecular weight is 354 g/mol. The van der Waals surface area contributed by atoms with Gasteiger partial charge in [0.2, 0.25) is 0 Å². The maximum atomic E-state index is 5.99. The van der Waals surface area contributed by atoms with Crippen LogP contribution in [0, 0.1) is 5.92 Å². The topological polar surface area (TPSA) is 68.9 Å². The lowest BCUT2D eigenvalue weighted by molar-refractivity contribution is 0.332. The molecule has 1 rings (SSSR count). The molecule has 0 aliphatic heterocycles. The van der Waals surface area contributed by atoms with Crippen LogP contribution in [0.25, 0.3) is 0 Å². The first kappa shape index (κ1) is 20.5. The second-order valence-corrected chi connectivity index (χ2v) is 6.89. The zero-order valence-corrected chi connectivity index (χ0v) is 16.1. The third kappa shape index (κ3) is 8.34. The van der Waals surface area contributed by atoms with Gasteiger partial charge in [-0.15, -0.1) is 0 Å². The average Bonchev–Trinajstić information content (AvgIpc) is 2.53. The SMILES string of the molecule is CCOc1ccc(OCC)c(NC(N)=NCCCSCC(C)C)c1. The number of guanidine groups is 1. The van der Waals surface area contributed by atoms with E-state index in [-0.39, 0.29) is 0 Å². The summed E-state index contributed by atoms with van der Waals surface area (Å²) in [6.07, 6.45) is 1.02. The van der Waals surface area contributed by atoms with E-state index in [2.05, 4.69) is 24.2 Å². The molecular formula is C18H31N3O2S. The molecule has 1 aromatic carbocycles. The monoisotopic (exact) mass is 353 g/mol. The quantitative estimate of drug-likeness (QED) is 0.358. The van der Waals surface area contributed by atoms with E-state index in [4.69, 9.17) is 15.2 Å². The van der Waals surface area contributed by atoms with Crippen molar-refractivity contribution in [3.63, 3.8) is 0 Å². The highest BCUT2D eigenvalue weighted by Gasteiger charge is 2.07. The summed E-state index contributed by atoms with van der Waals surface area (Å²) in [5.41, 5.74) is 6.77. The number of hydrogen-bond acceptors (Lipinski definition) is 4. The van der Waals surface area contributed by atoms with E-state index in [9.17, 15) is 0 Å². The molecule has 0 atom stereocenters. The van der Waals surface area contributed by atoms with Crippen molar-refractivity contribution in [1.29, 1.82) is 0 Å². The van der Waals surface area contributed by atoms with Gasteiger partial charge >= 0.3 is 0 Å². The van der Waals surface area contributed by atoms with E-state index >= 15 is 0 Å². The molecule has 0 aromatic heterocycles. The van der Waals surface area contributed by atoms with Crippen molar-refractivity contribution >= 4 is 23.4 Å². The number of hydrogen-bond donors (Lipinski definition) is 2. The van der Waals surface area contributed by atoms with Gasteiger partial charge in [0.05, 0.1) is 18.9 Å². The molecule has 24 heavy (non-hydrogen) atoms. The molecule has 0 aliphatic rings. The van der Waals surface area contributed by atoms with Gasteiger partial charge in [0.15, 0.2) is 5.96 Å². The molecule has 0 saturated carbocycles. The molecule has 0 unspecified atom stereocenters. The number of thioether (sulfide) groups is 1. The van der Waals surface area contributed by atoms with Gasteiger partial charge in [-0.25, -0.2) is 0 Å². The van der Waals surface area contributed by atoms with Crippen LogP contribution in [0.4, 0.5) is 5.69 Å². The van der Waals surface area contributed by atoms with Crippen molar-refractivity contribution < 1.29 is 9.47 Å². The lowest BCUT2D eigenvalue weighted by Crippen LogP contribution is -2.23. The molecular weight excluding hydrogens is 322 g/mol. The molecule has 5 nitrogen and oxygen atoms in total. The van der Waals surface area contributed by atoms with Gasteiger partial charge in [-0.3, -0.25) is 4.99 Å². The van der Waals surface area contributed by atoms with E-state index in [0.717, 1.165) is 41.8 Å². The standard InChI is InChI=1S/C18H31N3O2S/c1-5-22-15-8-9-17(23-6-2)16(12-15)21-18(19)20-10-7-11-24-13-14(3)4/h8-9,12,14H,5-7,10-11,13H2,1-4H3,(H3,19,20,21). The molecule has 1 aromatic rings. The number of nitrogens with one attached hydrogen (secondary N) is 1. The summed E-state index contributed by atoms with van der Waals surface area (Å²) in [4.78, 5) is 4.39. The molecule has 0 bridgehead atoms. The Morgan fingerprint density at radius 1 is 1.25 bits per heavy atom. The second-order valence-electron chi connectivity index (χ2n) is 5.74. The number of ether oxygens (including phenoxy) is 2. The van der Waals surface area contributed by atoms with E-state index < -0.39 is 0 Å². The summed E-state index contributed by atoms with van der Waals surface area (Å²) in [5.74, 6) is 4.96. The van der Waals surface area contributed by atoms with Crippen molar-refractivity contribution in [3.8, 4) is 11.5 Å². The Kier molecular flexibility index (Phi) is 10.2. The first-order valence-electron chi connectivity index (χ1n) is 8.61. The molecule has 0 saturated heterocycles. The Labute approximate surface area is 150 Å². The zero-order valence-electron chi connectivity index (χ0n) is 15.3. The lowest BCUT2D eigenvalue weighted by atomic mass is 10.2. The van der Waals surface area contributed by atoms with Gasteiger partial charge in [0.1, 0.15) is 11.5 Å². The van der Waals surface area contributed by atoms with Crippen LogP contribution in [-0.2, 0) is 0 Å². The van der Waals surface area contributed by atoms with Gasteiger partial charge in [-0.2, -0.15) is 11.8 Å². The maximum Gasteiger partial charge on any atom is 0.193 e. The van der Waals surface area contributed by atoms with Crippen LogP contribution in [-0.4, -0.2) is 37.2 Å². The minimum atomic E-state index is 0.401. The van der Waals surface area contributed by atoms with Crippen molar-refractivity contribution in [3.05, 3.63) is 18.2 Å². The highest BCUT2D eigenvalue weighted by atomic mass is 32.2. The summed E-state index contributed by atoms with van der Waals surface area (Å²) in [6.45, 7) is 10.3. The smallest absolute Gasteiger partial charge is 0.193 e. The molecule has 3 N–H and O–H groups in total. The minimum absolute atomic E-state index is 0.401. The normalized spacial score (nSPS) is 11.6. The number of benzene rings is 1. The Morgan fingerprint density at radius 3 is 2.67 bits per heavy atom. The zero-order chi connectivity index (χ0) is 17.8. The van der Waals surface area contributed by atoms with Crippen LogP contribution >= 0.6 is 11.8 Å². The van der Waals surface area contributed by atoms with Crippen molar-refractivity contribution in [1.82, 2.24) is 0 Å². The van der Waals surface area contributed by atoms with Crippen LogP contribution in [0.2, 0.25) is 0 Å². The predicted octanol–water partition coefficient (Wildman–Crippen LogP) is 3.99. The fourth-order valence-electron chi connectivity index (χ4n) is 2.01. The highest BCUT2D eigenvalue weighted by Crippen LogP contribution is 2.29. The fourth-order valence-corrected chi connectivity index (χ4v) is 2.98. The Hall–Kier alpha value is -1.56. The van der Waals surface area contributed by atoms with Crippen molar-refractivity contribution in [2.24, 2.45) is 16.6 Å². The summed E-state index contributed by atoms with van der Waals surface area (Å²) >= 11 is 1.97. The van der Waals surface area contributed by atoms with Gasteiger partial charge in [0, 0.05) is 12.6 Å². The predicted molar refractivity (Wildman–Crippen MR) is 106 cm³/mol. The van der Waals surface area contributed by atoms with E-state index in [1.165, 1.54) is 5.75 Å². The fraction of sp³-hybridized carbons (Fsp3) is 0.611. The molecule has 136 valence electrons. The summed E-state index contributed by atoms with van der Waals surface area (Å²) in [6, 6.07) is 5.65. The van der Waals surface area contributed by atoms with Gasteiger partial charge in [-0.1, -0.05) is 13.8 Å². The third-order valence-corrected chi connectivity index (χ3v) is 4.48. The number of rotatable bonds is 11. The Bertz CT molecular complexity index is 507. The molecule has 0 spiro atoms. The van der Waals surface area contributed by atoms with Crippen LogP contribution in [0.3, 0.4) is 0 Å². The van der Waals surface area contributed by atoms with Crippen molar-refractivity contribution in [2.45, 2.75) is 34.1 Å². The van der Waals surface area contributed by atoms with E-state index in [1.54, 1.807) is 0 Å². The van der Waals surface area contributed by atoms with Gasteiger partial charge < -0.3 is 20.5 Å². The summed E-state index contributed by atoms with van der Waals surface area (Å²) < 4.78 is 11.1. The third-order valence-electron chi connectivity index (χ3n) is 3.00. The number of anilines is 1. The Balaban J connectivity index is 2.55. The molecule has 0 radical (unpaired) electrons. The number of nitrogens with two attached hydrogens (primary N) is 1. The van der Waals surface area contributed by atoms with Crippen LogP contribution in [0.5, 0.6) is 11.5 Å². The second kappa shape index (κ2) is 11.9. The van der Waals surface area contributed by atoms with E-state index in [0.29, 0.717) is 19.2 Å². The lowest BCUT2D eigenvalue weighted by Gasteiger charge is -2.14. The number of aliphatic imine (C=N–C) groups is 1. The highest BCUT2D eigenvalue weighted by molar-refractivity contribution is 7.99. The minimum Gasteiger partial charge on any atom is -0.494 e. The van der Waals surface area contributed by atoms with Gasteiger partial charge in [-0.05, 0) is 49.8 Å². The summed E-state index contributed by atoms with van der Waals surface area (Å²) in [5, 5.41) is 3.12. The summed E-state index contributed by atoms with van der Waals surface area (Å²) in [7, 11) is 0. The molecule has 0 fully saturated rings. The molecule has 0 heterocycles. The molecule has 6 heteroatoms. The first-order valence-corrected chi connectivity index (χ1v) is 9.76. The van der Waals surface area contributed by atoms with Crippen LogP contribution in [0.1, 0.15) is 34.1 Å². The molecule has 0 aliphatic carbocycles. The number of nitrogens with zero attached hydrogens (tertiary/aromatic N) is 1. The van der Waals surface area contributed by atoms with E-state index in [1.807, 2.05) is 43.8 Å². The van der Waals surface area contributed by atoms with Crippen molar-refractivity contribution in [2.75, 3.05) is 36.6 Å². The van der Waals surface area contributed by atoms with Crippen LogP contribution < -0.4 is 20.5 Å². The Morgan fingerprint density at radius 2 is 2.00 bits per heavy atom. The largest absolute Gasteiger partial charge is 0.494 e. The first-order chi connectivity index (χ1) is 11.6.